The molecule has 1 aromatic heterocycles. The molecule has 126 valence electrons. The topological polar surface area (TPSA) is 100 Å². The molecule has 1 heterocycles. The van der Waals surface area contributed by atoms with Crippen LogP contribution in [0.25, 0.3) is 0 Å². The molecule has 22 heavy (non-hydrogen) atoms. The minimum Gasteiger partial charge on any atom is -0.356 e. The van der Waals surface area contributed by atoms with Crippen LogP contribution in [0.4, 0.5) is 0 Å². The third-order valence-electron chi connectivity index (χ3n) is 2.80. The zero-order chi connectivity index (χ0) is 16.6. The van der Waals surface area contributed by atoms with Crippen LogP contribution in [0.1, 0.15) is 20.3 Å². The van der Waals surface area contributed by atoms with Gasteiger partial charge in [0.15, 0.2) is 5.96 Å². The van der Waals surface area contributed by atoms with Gasteiger partial charge in [0.2, 0.25) is 10.0 Å². The molecule has 9 heteroatoms. The lowest BCUT2D eigenvalue weighted by atomic mass is 10.1. The van der Waals surface area contributed by atoms with E-state index >= 15 is 0 Å². The molecule has 0 atom stereocenters. The lowest BCUT2D eigenvalue weighted by molar-refractivity contribution is 0.446. The standard InChI is InChI=1S/C13H26N6O2S/c1-13(2,18-22(4,20)21)11-16-12(14-3)15-7-5-9-19-10-6-8-17-19/h6,8,10,18H,5,7,9,11H2,1-4H3,(H2,14,15,16). The smallest absolute Gasteiger partial charge is 0.209 e. The third kappa shape index (κ3) is 7.99. The summed E-state index contributed by atoms with van der Waals surface area (Å²) in [6, 6.07) is 1.89. The molecule has 0 radical (unpaired) electrons. The maximum atomic E-state index is 11.3. The van der Waals surface area contributed by atoms with Crippen molar-refractivity contribution in [2.45, 2.75) is 32.4 Å². The van der Waals surface area contributed by atoms with Crippen LogP contribution < -0.4 is 15.4 Å². The van der Waals surface area contributed by atoms with Gasteiger partial charge in [0, 0.05) is 44.6 Å². The van der Waals surface area contributed by atoms with Gasteiger partial charge >= 0.3 is 0 Å². The quantitative estimate of drug-likeness (QED) is 0.347. The Bertz CT molecular complexity index is 565. The number of aliphatic imine (C=N–C) groups is 1. The van der Waals surface area contributed by atoms with Gasteiger partial charge in [-0.25, -0.2) is 13.1 Å². The summed E-state index contributed by atoms with van der Waals surface area (Å²) in [5, 5.41) is 10.4. The molecule has 0 unspecified atom stereocenters. The first-order chi connectivity index (χ1) is 10.2. The molecule has 0 spiro atoms. The van der Waals surface area contributed by atoms with Gasteiger partial charge in [-0.05, 0) is 26.3 Å². The van der Waals surface area contributed by atoms with E-state index in [1.54, 1.807) is 13.2 Å². The van der Waals surface area contributed by atoms with Crippen LogP contribution in [-0.2, 0) is 16.6 Å². The number of aromatic nitrogens is 2. The van der Waals surface area contributed by atoms with E-state index < -0.39 is 15.6 Å². The van der Waals surface area contributed by atoms with E-state index in [9.17, 15) is 8.42 Å². The zero-order valence-electron chi connectivity index (χ0n) is 13.6. The Morgan fingerprint density at radius 3 is 2.64 bits per heavy atom. The van der Waals surface area contributed by atoms with E-state index in [0.717, 1.165) is 25.8 Å². The average Bonchev–Trinajstić information content (AvgIpc) is 2.88. The summed E-state index contributed by atoms with van der Waals surface area (Å²) in [6.07, 6.45) is 5.74. The van der Waals surface area contributed by atoms with Gasteiger partial charge in [-0.3, -0.25) is 9.67 Å². The van der Waals surface area contributed by atoms with Gasteiger partial charge in [0.05, 0.1) is 6.26 Å². The highest BCUT2D eigenvalue weighted by molar-refractivity contribution is 7.88. The summed E-state index contributed by atoms with van der Waals surface area (Å²) < 4.78 is 27.0. The van der Waals surface area contributed by atoms with Crippen LogP contribution in [0, 0.1) is 0 Å². The second kappa shape index (κ2) is 8.14. The number of rotatable bonds is 8. The molecule has 1 aromatic rings. The van der Waals surface area contributed by atoms with E-state index in [0.29, 0.717) is 12.5 Å². The fourth-order valence-electron chi connectivity index (χ4n) is 1.94. The summed E-state index contributed by atoms with van der Waals surface area (Å²) in [6.45, 7) is 5.63. The Kier molecular flexibility index (Phi) is 6.82. The largest absolute Gasteiger partial charge is 0.356 e. The Labute approximate surface area is 132 Å². The predicted octanol–water partition coefficient (Wildman–Crippen LogP) is -0.234. The van der Waals surface area contributed by atoms with E-state index in [2.05, 4.69) is 25.4 Å². The van der Waals surface area contributed by atoms with E-state index in [1.807, 2.05) is 30.8 Å². The molecule has 0 aliphatic heterocycles. The predicted molar refractivity (Wildman–Crippen MR) is 88.3 cm³/mol. The minimum absolute atomic E-state index is 0.429. The number of hydrogen-bond donors (Lipinski definition) is 3. The zero-order valence-corrected chi connectivity index (χ0v) is 14.4. The maximum Gasteiger partial charge on any atom is 0.209 e. The molecule has 0 fully saturated rings. The highest BCUT2D eigenvalue weighted by atomic mass is 32.2. The number of guanidine groups is 1. The van der Waals surface area contributed by atoms with Crippen molar-refractivity contribution in [3.63, 3.8) is 0 Å². The van der Waals surface area contributed by atoms with Gasteiger partial charge in [0.1, 0.15) is 0 Å². The monoisotopic (exact) mass is 330 g/mol. The van der Waals surface area contributed by atoms with Crippen LogP contribution in [-0.4, -0.2) is 56.1 Å². The van der Waals surface area contributed by atoms with Gasteiger partial charge < -0.3 is 10.6 Å². The van der Waals surface area contributed by atoms with Crippen LogP contribution in [0.5, 0.6) is 0 Å². The number of nitrogens with one attached hydrogen (secondary N) is 3. The molecular formula is C13H26N6O2S. The van der Waals surface area contributed by atoms with Gasteiger partial charge in [-0.1, -0.05) is 0 Å². The number of nitrogens with zero attached hydrogens (tertiary/aromatic N) is 3. The first-order valence-electron chi connectivity index (χ1n) is 7.13. The van der Waals surface area contributed by atoms with Crippen LogP contribution in [0.3, 0.4) is 0 Å². The Balaban J connectivity index is 2.30. The summed E-state index contributed by atoms with van der Waals surface area (Å²) in [4.78, 5) is 4.12. The maximum absolute atomic E-state index is 11.3. The molecule has 0 saturated heterocycles. The third-order valence-corrected chi connectivity index (χ3v) is 3.72. The number of sulfonamides is 1. The second-order valence-corrected chi connectivity index (χ2v) is 7.48. The Hall–Kier alpha value is -1.61. The van der Waals surface area contributed by atoms with Gasteiger partial charge in [-0.15, -0.1) is 0 Å². The van der Waals surface area contributed by atoms with Crippen molar-refractivity contribution in [3.05, 3.63) is 18.5 Å². The number of aryl methyl sites for hydroxylation is 1. The molecule has 0 aromatic carbocycles. The molecule has 3 N–H and O–H groups in total. The SMILES string of the molecule is CN=C(NCCCn1cccn1)NCC(C)(C)NS(C)(=O)=O. The number of hydrogen-bond acceptors (Lipinski definition) is 4. The van der Waals surface area contributed by atoms with Crippen molar-refractivity contribution in [3.8, 4) is 0 Å². The highest BCUT2D eigenvalue weighted by Gasteiger charge is 2.22. The van der Waals surface area contributed by atoms with Crippen molar-refractivity contribution in [2.24, 2.45) is 4.99 Å². The minimum atomic E-state index is -3.24. The first kappa shape index (κ1) is 18.4. The van der Waals surface area contributed by atoms with Gasteiger partial charge in [-0.2, -0.15) is 5.10 Å². The summed E-state index contributed by atoms with van der Waals surface area (Å²) in [5.41, 5.74) is -0.597. The van der Waals surface area contributed by atoms with Crippen molar-refractivity contribution < 1.29 is 8.42 Å². The normalized spacial score (nSPS) is 13.2. The van der Waals surface area contributed by atoms with Crippen LogP contribution >= 0.6 is 0 Å². The van der Waals surface area contributed by atoms with Crippen LogP contribution in [0.15, 0.2) is 23.5 Å². The molecule has 1 rings (SSSR count). The van der Waals surface area contributed by atoms with E-state index in [4.69, 9.17) is 0 Å². The molecule has 0 aliphatic carbocycles. The average molecular weight is 330 g/mol. The van der Waals surface area contributed by atoms with Crippen molar-refractivity contribution in [1.82, 2.24) is 25.1 Å². The van der Waals surface area contributed by atoms with Crippen LogP contribution in [0.2, 0.25) is 0 Å². The fraction of sp³-hybridized carbons (Fsp3) is 0.692. The van der Waals surface area contributed by atoms with E-state index in [-0.39, 0.29) is 0 Å². The Morgan fingerprint density at radius 2 is 2.09 bits per heavy atom. The van der Waals surface area contributed by atoms with Crippen molar-refractivity contribution in [2.75, 3.05) is 26.4 Å². The Morgan fingerprint density at radius 1 is 1.36 bits per heavy atom. The van der Waals surface area contributed by atoms with E-state index in [1.165, 1.54) is 0 Å². The van der Waals surface area contributed by atoms with Crippen molar-refractivity contribution in [1.29, 1.82) is 0 Å². The summed E-state index contributed by atoms with van der Waals surface area (Å²) >= 11 is 0. The van der Waals surface area contributed by atoms with Gasteiger partial charge in [0.25, 0.3) is 0 Å². The molecule has 0 bridgehead atoms. The lowest BCUT2D eigenvalue weighted by Gasteiger charge is -2.26. The summed E-state index contributed by atoms with van der Waals surface area (Å²) in [5.74, 6) is 0.642. The molecular weight excluding hydrogens is 304 g/mol. The molecule has 0 amide bonds. The summed E-state index contributed by atoms with van der Waals surface area (Å²) in [7, 11) is -1.56. The molecule has 0 saturated carbocycles. The lowest BCUT2D eigenvalue weighted by Crippen LogP contribution is -2.53. The fourth-order valence-corrected chi connectivity index (χ4v) is 3.02. The molecule has 8 nitrogen and oxygen atoms in total. The molecule has 0 aliphatic rings. The highest BCUT2D eigenvalue weighted by Crippen LogP contribution is 2.01. The first-order valence-corrected chi connectivity index (χ1v) is 9.02. The second-order valence-electron chi connectivity index (χ2n) is 5.73. The van der Waals surface area contributed by atoms with Crippen molar-refractivity contribution >= 4 is 16.0 Å².